The molecule has 1 unspecified atom stereocenters. The van der Waals surface area contributed by atoms with E-state index in [0.717, 1.165) is 19.2 Å². The lowest BCUT2D eigenvalue weighted by molar-refractivity contribution is 0.0287. The van der Waals surface area contributed by atoms with Crippen LogP contribution in [0.25, 0.3) is 0 Å². The van der Waals surface area contributed by atoms with E-state index in [9.17, 15) is 8.78 Å². The van der Waals surface area contributed by atoms with Crippen LogP contribution >= 0.6 is 0 Å². The van der Waals surface area contributed by atoms with Crippen LogP contribution in [0, 0.1) is 11.6 Å². The van der Waals surface area contributed by atoms with Crippen molar-refractivity contribution >= 4 is 0 Å². The van der Waals surface area contributed by atoms with Gasteiger partial charge in [0.15, 0.2) is 0 Å². The van der Waals surface area contributed by atoms with Crippen LogP contribution in [0.1, 0.15) is 5.56 Å². The van der Waals surface area contributed by atoms with Gasteiger partial charge in [-0.2, -0.15) is 0 Å². The van der Waals surface area contributed by atoms with Gasteiger partial charge in [0.2, 0.25) is 0 Å². The fraction of sp³-hybridized carbons (Fsp3) is 0.455. The highest BCUT2D eigenvalue weighted by atomic mass is 19.1. The zero-order chi connectivity index (χ0) is 10.7. The highest BCUT2D eigenvalue weighted by Crippen LogP contribution is 2.13. The van der Waals surface area contributed by atoms with Gasteiger partial charge in [-0.15, -0.1) is 0 Å². The molecule has 1 aliphatic rings. The molecule has 0 saturated carbocycles. The lowest BCUT2D eigenvalue weighted by Gasteiger charge is -2.23. The molecule has 2 rings (SSSR count). The fourth-order valence-electron chi connectivity index (χ4n) is 1.68. The largest absolute Gasteiger partial charge is 0.375 e. The zero-order valence-electron chi connectivity index (χ0n) is 8.30. The maximum atomic E-state index is 13.3. The first-order valence-electron chi connectivity index (χ1n) is 5.02. The van der Waals surface area contributed by atoms with E-state index in [1.165, 1.54) is 12.1 Å². The molecule has 1 aliphatic heterocycles. The summed E-state index contributed by atoms with van der Waals surface area (Å²) < 4.78 is 31.4. The molecule has 1 saturated heterocycles. The average Bonchev–Trinajstić information content (AvgIpc) is 2.24. The minimum absolute atomic E-state index is 0.0151. The number of nitrogens with one attached hydrogen (secondary N) is 1. The van der Waals surface area contributed by atoms with Crippen molar-refractivity contribution in [1.82, 2.24) is 5.32 Å². The second kappa shape index (κ2) is 4.68. The van der Waals surface area contributed by atoms with Gasteiger partial charge < -0.3 is 10.1 Å². The van der Waals surface area contributed by atoms with E-state index < -0.39 is 11.6 Å². The summed E-state index contributed by atoms with van der Waals surface area (Å²) in [5.74, 6) is -1.04. The molecule has 82 valence electrons. The third-order valence-electron chi connectivity index (χ3n) is 2.47. The molecule has 0 bridgehead atoms. The molecule has 0 amide bonds. The third-order valence-corrected chi connectivity index (χ3v) is 2.47. The van der Waals surface area contributed by atoms with Crippen molar-refractivity contribution in [2.24, 2.45) is 0 Å². The average molecular weight is 213 g/mol. The van der Waals surface area contributed by atoms with Gasteiger partial charge in [0.1, 0.15) is 11.6 Å². The Hall–Kier alpha value is -1.00. The van der Waals surface area contributed by atoms with E-state index in [1.54, 1.807) is 0 Å². The molecule has 0 aromatic heterocycles. The monoisotopic (exact) mass is 213 g/mol. The Bertz CT molecular complexity index is 337. The molecule has 1 fully saturated rings. The Kier molecular flexibility index (Phi) is 3.28. The summed E-state index contributed by atoms with van der Waals surface area (Å²) in [7, 11) is 0. The number of morpholine rings is 1. The summed E-state index contributed by atoms with van der Waals surface area (Å²) in [6.45, 7) is 2.20. The molecule has 1 N–H and O–H groups in total. The van der Waals surface area contributed by atoms with E-state index in [-0.39, 0.29) is 6.10 Å². The molecular weight excluding hydrogens is 200 g/mol. The lowest BCUT2D eigenvalue weighted by atomic mass is 10.1. The molecule has 1 heterocycles. The van der Waals surface area contributed by atoms with Crippen molar-refractivity contribution in [3.05, 3.63) is 35.4 Å². The van der Waals surface area contributed by atoms with Crippen LogP contribution in [0.15, 0.2) is 18.2 Å². The van der Waals surface area contributed by atoms with Gasteiger partial charge in [0, 0.05) is 25.6 Å². The topological polar surface area (TPSA) is 21.3 Å². The first kappa shape index (κ1) is 10.5. The Labute approximate surface area is 87.2 Å². The van der Waals surface area contributed by atoms with E-state index in [0.29, 0.717) is 18.6 Å². The maximum absolute atomic E-state index is 13.3. The smallest absolute Gasteiger partial charge is 0.129 e. The highest BCUT2D eigenvalue weighted by Gasteiger charge is 2.15. The van der Waals surface area contributed by atoms with Crippen LogP contribution in [0.3, 0.4) is 0 Å². The molecule has 0 radical (unpaired) electrons. The minimum Gasteiger partial charge on any atom is -0.375 e. The van der Waals surface area contributed by atoms with E-state index in [2.05, 4.69) is 5.32 Å². The van der Waals surface area contributed by atoms with Crippen molar-refractivity contribution in [1.29, 1.82) is 0 Å². The molecular formula is C11H13F2NO. The number of rotatable bonds is 2. The quantitative estimate of drug-likeness (QED) is 0.803. The third kappa shape index (κ3) is 2.73. The first-order chi connectivity index (χ1) is 7.25. The van der Waals surface area contributed by atoms with Gasteiger partial charge in [-0.1, -0.05) is 6.07 Å². The number of ether oxygens (including phenoxy) is 1. The van der Waals surface area contributed by atoms with Gasteiger partial charge in [-0.25, -0.2) is 8.78 Å². The number of benzene rings is 1. The maximum Gasteiger partial charge on any atom is 0.129 e. The summed E-state index contributed by atoms with van der Waals surface area (Å²) >= 11 is 0. The molecule has 1 aromatic carbocycles. The fourth-order valence-corrected chi connectivity index (χ4v) is 1.68. The molecule has 0 aliphatic carbocycles. The van der Waals surface area contributed by atoms with Gasteiger partial charge in [0.25, 0.3) is 0 Å². The number of hydrogen-bond donors (Lipinski definition) is 1. The Morgan fingerprint density at radius 2 is 2.27 bits per heavy atom. The molecule has 4 heteroatoms. The number of hydrogen-bond acceptors (Lipinski definition) is 2. The van der Waals surface area contributed by atoms with Gasteiger partial charge >= 0.3 is 0 Å². The molecule has 1 aromatic rings. The number of halogens is 2. The van der Waals surface area contributed by atoms with Crippen molar-refractivity contribution in [3.63, 3.8) is 0 Å². The second-order valence-corrected chi connectivity index (χ2v) is 3.64. The van der Waals surface area contributed by atoms with E-state index in [1.807, 2.05) is 0 Å². The molecule has 1 atom stereocenters. The second-order valence-electron chi connectivity index (χ2n) is 3.64. The van der Waals surface area contributed by atoms with Crippen molar-refractivity contribution in [2.45, 2.75) is 12.5 Å². The summed E-state index contributed by atoms with van der Waals surface area (Å²) in [5, 5.41) is 3.16. The normalized spacial score (nSPS) is 21.6. The van der Waals surface area contributed by atoms with Gasteiger partial charge in [-0.05, 0) is 11.6 Å². The highest BCUT2D eigenvalue weighted by molar-refractivity contribution is 5.19. The van der Waals surface area contributed by atoms with Crippen LogP contribution in [0.5, 0.6) is 0 Å². The van der Waals surface area contributed by atoms with Crippen LogP contribution in [0.2, 0.25) is 0 Å². The standard InChI is InChI=1S/C11H13F2NO/c12-9-2-1-8(11(13)6-9)5-10-7-14-3-4-15-10/h1-2,6,10,14H,3-5,7H2. The Balaban J connectivity index is 2.03. The first-order valence-corrected chi connectivity index (χ1v) is 5.02. The lowest BCUT2D eigenvalue weighted by Crippen LogP contribution is -2.39. The van der Waals surface area contributed by atoms with Crippen LogP contribution in [0.4, 0.5) is 8.78 Å². The Morgan fingerprint density at radius 3 is 2.93 bits per heavy atom. The van der Waals surface area contributed by atoms with Crippen molar-refractivity contribution < 1.29 is 13.5 Å². The zero-order valence-corrected chi connectivity index (χ0v) is 8.30. The summed E-state index contributed by atoms with van der Waals surface area (Å²) in [6, 6.07) is 3.66. The SMILES string of the molecule is Fc1ccc(CC2CNCCO2)c(F)c1. The van der Waals surface area contributed by atoms with Crippen molar-refractivity contribution in [3.8, 4) is 0 Å². The molecule has 0 spiro atoms. The minimum atomic E-state index is -0.543. The van der Waals surface area contributed by atoms with E-state index >= 15 is 0 Å². The summed E-state index contributed by atoms with van der Waals surface area (Å²) in [4.78, 5) is 0. The van der Waals surface area contributed by atoms with Gasteiger partial charge in [0.05, 0.1) is 12.7 Å². The summed E-state index contributed by atoms with van der Waals surface area (Å²) in [5.41, 5.74) is 0.505. The predicted molar refractivity (Wildman–Crippen MR) is 52.7 cm³/mol. The van der Waals surface area contributed by atoms with Crippen LogP contribution in [-0.4, -0.2) is 25.8 Å². The molecule has 15 heavy (non-hydrogen) atoms. The predicted octanol–water partition coefficient (Wildman–Crippen LogP) is 1.50. The van der Waals surface area contributed by atoms with Crippen LogP contribution in [-0.2, 0) is 11.2 Å². The van der Waals surface area contributed by atoms with Crippen LogP contribution < -0.4 is 5.32 Å². The molecule has 2 nitrogen and oxygen atoms in total. The van der Waals surface area contributed by atoms with Crippen molar-refractivity contribution in [2.75, 3.05) is 19.7 Å². The Morgan fingerprint density at radius 1 is 1.40 bits per heavy atom. The van der Waals surface area contributed by atoms with E-state index in [4.69, 9.17) is 4.74 Å². The summed E-state index contributed by atoms with van der Waals surface area (Å²) in [6.07, 6.45) is 0.470. The van der Waals surface area contributed by atoms with Gasteiger partial charge in [-0.3, -0.25) is 0 Å².